The molecule has 0 aromatic heterocycles. The second-order valence-electron chi connectivity index (χ2n) is 6.88. The minimum atomic E-state index is 0.559. The standard InChI is InChI=1S/C19H29N/c1-2-7-19(16-8-4-3-5-9-16)20-18-11-6-10-17(14-18)15-12-13-15/h3-5,8-9,15,17-20H,2,6-7,10-14H2,1H3. The van der Waals surface area contributed by atoms with Crippen molar-refractivity contribution in [3.8, 4) is 0 Å². The Kier molecular flexibility index (Phi) is 4.77. The summed E-state index contributed by atoms with van der Waals surface area (Å²) < 4.78 is 0. The summed E-state index contributed by atoms with van der Waals surface area (Å²) in [7, 11) is 0. The summed E-state index contributed by atoms with van der Waals surface area (Å²) in [4.78, 5) is 0. The number of rotatable bonds is 6. The normalized spacial score (nSPS) is 28.2. The summed E-state index contributed by atoms with van der Waals surface area (Å²) >= 11 is 0. The van der Waals surface area contributed by atoms with Crippen LogP contribution in [0.5, 0.6) is 0 Å². The second-order valence-corrected chi connectivity index (χ2v) is 6.88. The monoisotopic (exact) mass is 271 g/mol. The van der Waals surface area contributed by atoms with Crippen LogP contribution in [-0.4, -0.2) is 6.04 Å². The van der Waals surface area contributed by atoms with Crippen molar-refractivity contribution >= 4 is 0 Å². The molecule has 110 valence electrons. The third kappa shape index (κ3) is 3.63. The first-order chi connectivity index (χ1) is 9.86. The highest BCUT2D eigenvalue weighted by atomic mass is 15.0. The molecule has 0 bridgehead atoms. The molecule has 0 aliphatic heterocycles. The molecule has 1 N–H and O–H groups in total. The molecular formula is C19H29N. The molecule has 2 aliphatic rings. The lowest BCUT2D eigenvalue weighted by Gasteiger charge is -2.33. The van der Waals surface area contributed by atoms with Crippen molar-refractivity contribution in [3.63, 3.8) is 0 Å². The van der Waals surface area contributed by atoms with E-state index >= 15 is 0 Å². The molecule has 3 rings (SSSR count). The van der Waals surface area contributed by atoms with Gasteiger partial charge in [0.05, 0.1) is 0 Å². The first-order valence-electron chi connectivity index (χ1n) is 8.67. The molecule has 0 radical (unpaired) electrons. The molecular weight excluding hydrogens is 242 g/mol. The number of hydrogen-bond acceptors (Lipinski definition) is 1. The molecule has 0 spiro atoms. The number of nitrogens with one attached hydrogen (secondary N) is 1. The molecule has 2 aliphatic carbocycles. The zero-order valence-electron chi connectivity index (χ0n) is 12.9. The van der Waals surface area contributed by atoms with E-state index in [-0.39, 0.29) is 0 Å². The van der Waals surface area contributed by atoms with Crippen LogP contribution >= 0.6 is 0 Å². The zero-order valence-corrected chi connectivity index (χ0v) is 12.9. The Morgan fingerprint density at radius 1 is 1.05 bits per heavy atom. The van der Waals surface area contributed by atoms with E-state index in [0.29, 0.717) is 6.04 Å². The maximum Gasteiger partial charge on any atom is 0.0322 e. The van der Waals surface area contributed by atoms with E-state index in [4.69, 9.17) is 0 Å². The average molecular weight is 271 g/mol. The number of hydrogen-bond donors (Lipinski definition) is 1. The quantitative estimate of drug-likeness (QED) is 0.760. The Hall–Kier alpha value is -0.820. The molecule has 1 aromatic rings. The van der Waals surface area contributed by atoms with Crippen LogP contribution in [0.4, 0.5) is 0 Å². The van der Waals surface area contributed by atoms with Gasteiger partial charge in [0.2, 0.25) is 0 Å². The van der Waals surface area contributed by atoms with E-state index in [2.05, 4.69) is 42.6 Å². The lowest BCUT2D eigenvalue weighted by Crippen LogP contribution is -2.37. The Morgan fingerprint density at radius 3 is 2.55 bits per heavy atom. The topological polar surface area (TPSA) is 12.0 Å². The van der Waals surface area contributed by atoms with Gasteiger partial charge in [-0.1, -0.05) is 56.5 Å². The molecule has 1 nitrogen and oxygen atoms in total. The smallest absolute Gasteiger partial charge is 0.0322 e. The maximum atomic E-state index is 3.99. The van der Waals surface area contributed by atoms with Crippen LogP contribution in [0.2, 0.25) is 0 Å². The lowest BCUT2D eigenvalue weighted by atomic mass is 9.82. The lowest BCUT2D eigenvalue weighted by molar-refractivity contribution is 0.243. The van der Waals surface area contributed by atoms with Gasteiger partial charge in [-0.25, -0.2) is 0 Å². The van der Waals surface area contributed by atoms with Gasteiger partial charge in [0.1, 0.15) is 0 Å². The van der Waals surface area contributed by atoms with E-state index in [1.165, 1.54) is 56.9 Å². The summed E-state index contributed by atoms with van der Waals surface area (Å²) in [6.45, 7) is 2.30. The number of benzene rings is 1. The van der Waals surface area contributed by atoms with Crippen molar-refractivity contribution in [2.24, 2.45) is 11.8 Å². The predicted octanol–water partition coefficient (Wildman–Crippen LogP) is 5.09. The van der Waals surface area contributed by atoms with E-state index in [1.54, 1.807) is 0 Å². The van der Waals surface area contributed by atoms with Crippen LogP contribution in [0.25, 0.3) is 0 Å². The van der Waals surface area contributed by atoms with E-state index in [1.807, 2.05) is 0 Å². The summed E-state index contributed by atoms with van der Waals surface area (Å²) in [5.74, 6) is 2.11. The van der Waals surface area contributed by atoms with Gasteiger partial charge in [-0.15, -0.1) is 0 Å². The average Bonchev–Trinajstić information content (AvgIpc) is 3.33. The molecule has 0 heterocycles. The molecule has 3 atom stereocenters. The molecule has 1 aromatic carbocycles. The highest BCUT2D eigenvalue weighted by Gasteiger charge is 2.35. The molecule has 3 unspecified atom stereocenters. The molecule has 20 heavy (non-hydrogen) atoms. The highest BCUT2D eigenvalue weighted by Crippen LogP contribution is 2.44. The van der Waals surface area contributed by atoms with Crippen LogP contribution in [-0.2, 0) is 0 Å². The maximum absolute atomic E-state index is 3.99. The minimum Gasteiger partial charge on any atom is -0.307 e. The fourth-order valence-corrected chi connectivity index (χ4v) is 3.98. The second kappa shape index (κ2) is 6.76. The summed E-state index contributed by atoms with van der Waals surface area (Å²) in [5.41, 5.74) is 1.47. The van der Waals surface area contributed by atoms with Gasteiger partial charge >= 0.3 is 0 Å². The van der Waals surface area contributed by atoms with Crippen LogP contribution in [0.15, 0.2) is 30.3 Å². The fraction of sp³-hybridized carbons (Fsp3) is 0.684. The first kappa shape index (κ1) is 14.1. The van der Waals surface area contributed by atoms with E-state index < -0.39 is 0 Å². The molecule has 2 saturated carbocycles. The van der Waals surface area contributed by atoms with Gasteiger partial charge in [0.25, 0.3) is 0 Å². The molecule has 2 fully saturated rings. The zero-order chi connectivity index (χ0) is 13.8. The Labute approximate surface area is 124 Å². The van der Waals surface area contributed by atoms with Crippen molar-refractivity contribution in [1.82, 2.24) is 5.32 Å². The first-order valence-corrected chi connectivity index (χ1v) is 8.67. The minimum absolute atomic E-state index is 0.559. The van der Waals surface area contributed by atoms with Crippen molar-refractivity contribution < 1.29 is 0 Å². The summed E-state index contributed by atoms with van der Waals surface area (Å²) in [6, 6.07) is 12.4. The SMILES string of the molecule is CCCC(NC1CCCC(C2CC2)C1)c1ccccc1. The van der Waals surface area contributed by atoms with Crippen molar-refractivity contribution in [3.05, 3.63) is 35.9 Å². The van der Waals surface area contributed by atoms with Gasteiger partial charge in [-0.05, 0) is 49.5 Å². The van der Waals surface area contributed by atoms with Crippen molar-refractivity contribution in [1.29, 1.82) is 0 Å². The van der Waals surface area contributed by atoms with Crippen molar-refractivity contribution in [2.45, 2.75) is 70.4 Å². The van der Waals surface area contributed by atoms with Gasteiger partial charge < -0.3 is 5.32 Å². The third-order valence-electron chi connectivity index (χ3n) is 5.22. The van der Waals surface area contributed by atoms with Crippen molar-refractivity contribution in [2.75, 3.05) is 0 Å². The molecule has 1 heteroatoms. The summed E-state index contributed by atoms with van der Waals surface area (Å²) in [6.07, 6.45) is 11.3. The van der Waals surface area contributed by atoms with Crippen LogP contribution in [0.3, 0.4) is 0 Å². The Bertz CT molecular complexity index is 395. The Morgan fingerprint density at radius 2 is 1.85 bits per heavy atom. The largest absolute Gasteiger partial charge is 0.307 e. The van der Waals surface area contributed by atoms with Gasteiger partial charge in [0.15, 0.2) is 0 Å². The fourth-order valence-electron chi connectivity index (χ4n) is 3.98. The predicted molar refractivity (Wildman–Crippen MR) is 85.7 cm³/mol. The molecule has 0 saturated heterocycles. The van der Waals surface area contributed by atoms with Gasteiger partial charge in [0, 0.05) is 12.1 Å². The molecule has 0 amide bonds. The van der Waals surface area contributed by atoms with E-state index in [9.17, 15) is 0 Å². The van der Waals surface area contributed by atoms with Gasteiger partial charge in [-0.3, -0.25) is 0 Å². The van der Waals surface area contributed by atoms with Crippen LogP contribution in [0, 0.1) is 11.8 Å². The van der Waals surface area contributed by atoms with Gasteiger partial charge in [-0.2, -0.15) is 0 Å². The Balaban J connectivity index is 1.60. The highest BCUT2D eigenvalue weighted by molar-refractivity contribution is 5.19. The van der Waals surface area contributed by atoms with Crippen LogP contribution < -0.4 is 5.32 Å². The third-order valence-corrected chi connectivity index (χ3v) is 5.22. The van der Waals surface area contributed by atoms with Crippen LogP contribution in [0.1, 0.15) is 69.9 Å². The van der Waals surface area contributed by atoms with E-state index in [0.717, 1.165) is 17.9 Å². The summed E-state index contributed by atoms with van der Waals surface area (Å²) in [5, 5.41) is 3.99.